The Balaban J connectivity index is 2.19. The van der Waals surface area contributed by atoms with Crippen molar-refractivity contribution in [2.75, 3.05) is 6.26 Å². The molecule has 1 N–H and O–H groups in total. The molecule has 1 aromatic carbocycles. The predicted octanol–water partition coefficient (Wildman–Crippen LogP) is 3.73. The fourth-order valence-electron chi connectivity index (χ4n) is 2.16. The number of hydrogen-bond acceptors (Lipinski definition) is 5. The molecule has 2 aromatic heterocycles. The van der Waals surface area contributed by atoms with Gasteiger partial charge in [0.1, 0.15) is 0 Å². The molecule has 7 heteroatoms. The van der Waals surface area contributed by atoms with Crippen LogP contribution in [0.1, 0.15) is 5.69 Å². The van der Waals surface area contributed by atoms with Crippen molar-refractivity contribution >= 4 is 43.6 Å². The number of aromatic nitrogens is 2. The number of nitrogens with zero attached hydrogens (tertiary/aromatic N) is 1. The molecule has 0 saturated carbocycles. The molecule has 0 unspecified atom stereocenters. The van der Waals surface area contributed by atoms with E-state index in [2.05, 4.69) is 9.97 Å². The minimum atomic E-state index is -3.18. The van der Waals surface area contributed by atoms with Gasteiger partial charge in [0.15, 0.2) is 14.6 Å². The highest BCUT2D eigenvalue weighted by Crippen LogP contribution is 2.34. The molecule has 0 amide bonds. The van der Waals surface area contributed by atoms with Gasteiger partial charge in [0.05, 0.1) is 15.1 Å². The van der Waals surface area contributed by atoms with Crippen LogP contribution >= 0.6 is 23.6 Å². The first-order chi connectivity index (χ1) is 9.86. The molecule has 0 radical (unpaired) electrons. The molecule has 0 spiro atoms. The van der Waals surface area contributed by atoms with Gasteiger partial charge >= 0.3 is 0 Å². The van der Waals surface area contributed by atoms with E-state index >= 15 is 0 Å². The van der Waals surface area contributed by atoms with Gasteiger partial charge in [0.2, 0.25) is 0 Å². The highest BCUT2D eigenvalue weighted by atomic mass is 32.2. The molecular weight excluding hydrogens is 324 g/mol. The zero-order valence-corrected chi connectivity index (χ0v) is 13.8. The Morgan fingerprint density at radius 1 is 1.24 bits per heavy atom. The zero-order chi connectivity index (χ0) is 15.2. The van der Waals surface area contributed by atoms with E-state index in [-0.39, 0.29) is 0 Å². The Morgan fingerprint density at radius 3 is 2.52 bits per heavy atom. The number of rotatable bonds is 2. The van der Waals surface area contributed by atoms with Crippen molar-refractivity contribution in [1.29, 1.82) is 0 Å². The molecular formula is C14H12N2O2S3. The summed E-state index contributed by atoms with van der Waals surface area (Å²) in [6, 6.07) is 6.83. The van der Waals surface area contributed by atoms with Crippen LogP contribution in [-0.2, 0) is 9.84 Å². The average molecular weight is 336 g/mol. The number of benzene rings is 1. The van der Waals surface area contributed by atoms with E-state index in [1.54, 1.807) is 35.6 Å². The maximum absolute atomic E-state index is 11.5. The molecule has 0 aliphatic heterocycles. The quantitative estimate of drug-likeness (QED) is 0.724. The third kappa shape index (κ3) is 2.64. The van der Waals surface area contributed by atoms with Crippen molar-refractivity contribution in [2.45, 2.75) is 11.8 Å². The first-order valence-corrected chi connectivity index (χ1v) is 9.33. The molecule has 0 saturated heterocycles. The topological polar surface area (TPSA) is 62.8 Å². The number of sulfone groups is 1. The van der Waals surface area contributed by atoms with Crippen molar-refractivity contribution in [3.63, 3.8) is 0 Å². The maximum Gasteiger partial charge on any atom is 0.197 e. The zero-order valence-electron chi connectivity index (χ0n) is 11.4. The second-order valence-corrected chi connectivity index (χ2v) is 8.07. The van der Waals surface area contributed by atoms with Crippen molar-refractivity contribution in [2.24, 2.45) is 0 Å². The summed E-state index contributed by atoms with van der Waals surface area (Å²) in [6.45, 7) is 1.97. The molecule has 3 rings (SSSR count). The summed E-state index contributed by atoms with van der Waals surface area (Å²) in [6.07, 6.45) is 1.20. The molecule has 0 aliphatic carbocycles. The number of H-pyrrole nitrogens is 1. The van der Waals surface area contributed by atoms with Crippen LogP contribution in [0.15, 0.2) is 34.5 Å². The van der Waals surface area contributed by atoms with Crippen molar-refractivity contribution in [3.8, 4) is 11.1 Å². The lowest BCUT2D eigenvalue weighted by atomic mass is 10.1. The van der Waals surface area contributed by atoms with Gasteiger partial charge in [-0.15, -0.1) is 11.3 Å². The number of thiophene rings is 1. The summed E-state index contributed by atoms with van der Waals surface area (Å²) in [7, 11) is -3.18. The van der Waals surface area contributed by atoms with E-state index in [1.165, 1.54) is 6.26 Å². The van der Waals surface area contributed by atoms with Gasteiger partial charge in [0.25, 0.3) is 0 Å². The molecule has 0 atom stereocenters. The summed E-state index contributed by atoms with van der Waals surface area (Å²) in [4.78, 5) is 7.75. The van der Waals surface area contributed by atoms with Crippen LogP contribution in [0.25, 0.3) is 21.3 Å². The average Bonchev–Trinajstić information content (AvgIpc) is 2.82. The van der Waals surface area contributed by atoms with Crippen LogP contribution < -0.4 is 0 Å². The Labute approximate surface area is 131 Å². The highest BCUT2D eigenvalue weighted by molar-refractivity contribution is 7.90. The van der Waals surface area contributed by atoms with E-state index < -0.39 is 9.84 Å². The van der Waals surface area contributed by atoms with Crippen LogP contribution in [0.3, 0.4) is 0 Å². The predicted molar refractivity (Wildman–Crippen MR) is 88.1 cm³/mol. The summed E-state index contributed by atoms with van der Waals surface area (Å²) in [5, 5.41) is 2.02. The van der Waals surface area contributed by atoms with Crippen LogP contribution in [0.2, 0.25) is 0 Å². The van der Waals surface area contributed by atoms with Gasteiger partial charge in [-0.25, -0.2) is 13.4 Å². The SMILES string of the molecule is Cc1[nH]c(=S)nc2c(-c3ccc(S(C)(=O)=O)cc3)csc12. The van der Waals surface area contributed by atoms with Crippen LogP contribution in [-0.4, -0.2) is 24.6 Å². The Kier molecular flexibility index (Phi) is 3.43. The van der Waals surface area contributed by atoms with E-state index in [0.29, 0.717) is 9.67 Å². The van der Waals surface area contributed by atoms with E-state index in [4.69, 9.17) is 12.2 Å². The van der Waals surface area contributed by atoms with Gasteiger partial charge in [-0.2, -0.15) is 0 Å². The Morgan fingerprint density at radius 2 is 1.90 bits per heavy atom. The highest BCUT2D eigenvalue weighted by Gasteiger charge is 2.12. The second-order valence-electron chi connectivity index (χ2n) is 4.79. The van der Waals surface area contributed by atoms with Gasteiger partial charge in [-0.1, -0.05) is 12.1 Å². The maximum atomic E-state index is 11.5. The van der Waals surface area contributed by atoms with E-state index in [1.807, 2.05) is 12.3 Å². The van der Waals surface area contributed by atoms with Gasteiger partial charge < -0.3 is 4.98 Å². The number of aromatic amines is 1. The Hall–Kier alpha value is -1.57. The van der Waals surface area contributed by atoms with Crippen molar-refractivity contribution in [3.05, 3.63) is 40.1 Å². The largest absolute Gasteiger partial charge is 0.333 e. The summed E-state index contributed by atoms with van der Waals surface area (Å²) < 4.78 is 24.5. The molecule has 108 valence electrons. The van der Waals surface area contributed by atoms with Crippen molar-refractivity contribution < 1.29 is 8.42 Å². The smallest absolute Gasteiger partial charge is 0.197 e. The first kappa shape index (κ1) is 14.4. The van der Waals surface area contributed by atoms with Crippen LogP contribution in [0, 0.1) is 11.7 Å². The molecule has 3 aromatic rings. The van der Waals surface area contributed by atoms with E-state index in [0.717, 1.165) is 27.0 Å². The minimum absolute atomic E-state index is 0.312. The Bertz CT molecular complexity index is 983. The lowest BCUT2D eigenvalue weighted by Gasteiger charge is -2.02. The number of nitrogens with one attached hydrogen (secondary N) is 1. The summed E-state index contributed by atoms with van der Waals surface area (Å²) in [5.41, 5.74) is 3.75. The fourth-order valence-corrected chi connectivity index (χ4v) is 4.02. The second kappa shape index (κ2) is 5.01. The van der Waals surface area contributed by atoms with Crippen LogP contribution in [0.5, 0.6) is 0 Å². The first-order valence-electron chi connectivity index (χ1n) is 6.15. The minimum Gasteiger partial charge on any atom is -0.333 e. The standard InChI is InChI=1S/C14H12N2O2S3/c1-8-13-12(16-14(19)15-8)11(7-20-13)9-3-5-10(6-4-9)21(2,17)18/h3-7H,1-2H3,(H,15,16,19). The fraction of sp³-hybridized carbons (Fsp3) is 0.143. The molecule has 4 nitrogen and oxygen atoms in total. The molecule has 21 heavy (non-hydrogen) atoms. The van der Waals surface area contributed by atoms with E-state index in [9.17, 15) is 8.42 Å². The van der Waals surface area contributed by atoms with Crippen molar-refractivity contribution in [1.82, 2.24) is 9.97 Å². The van der Waals surface area contributed by atoms with Gasteiger partial charge in [-0.3, -0.25) is 0 Å². The summed E-state index contributed by atoms with van der Waals surface area (Å²) >= 11 is 6.73. The molecule has 2 heterocycles. The molecule has 0 fully saturated rings. The van der Waals surface area contributed by atoms with Gasteiger partial charge in [0, 0.05) is 22.9 Å². The number of hydrogen-bond donors (Lipinski definition) is 1. The van der Waals surface area contributed by atoms with Gasteiger partial charge in [-0.05, 0) is 36.8 Å². The lowest BCUT2D eigenvalue weighted by molar-refractivity contribution is 0.602. The number of fused-ring (bicyclic) bond motifs is 1. The molecule has 0 bridgehead atoms. The lowest BCUT2D eigenvalue weighted by Crippen LogP contribution is -1.96. The number of aryl methyl sites for hydroxylation is 1. The van der Waals surface area contributed by atoms with Crippen LogP contribution in [0.4, 0.5) is 0 Å². The normalized spacial score (nSPS) is 11.9. The monoisotopic (exact) mass is 336 g/mol. The summed E-state index contributed by atoms with van der Waals surface area (Å²) in [5.74, 6) is 0. The third-order valence-corrected chi connectivity index (χ3v) is 5.62. The molecule has 0 aliphatic rings. The third-order valence-electron chi connectivity index (χ3n) is 3.21.